The molecule has 1 aliphatic rings. The smallest absolute Gasteiger partial charge is 0.271 e. The van der Waals surface area contributed by atoms with E-state index in [1.165, 1.54) is 25.5 Å². The highest BCUT2D eigenvalue weighted by atomic mass is 16.1. The fourth-order valence-electron chi connectivity index (χ4n) is 2.24. The summed E-state index contributed by atoms with van der Waals surface area (Å²) in [5.74, 6) is 1.13. The number of carbonyl (C=O) groups excluding carboxylic acids is 1. The Morgan fingerprint density at radius 2 is 2.22 bits per heavy atom. The van der Waals surface area contributed by atoms with Gasteiger partial charge in [-0.2, -0.15) is 0 Å². The van der Waals surface area contributed by atoms with Crippen molar-refractivity contribution in [2.75, 3.05) is 0 Å². The van der Waals surface area contributed by atoms with Crippen LogP contribution in [0.15, 0.2) is 18.6 Å². The first-order valence-electron chi connectivity index (χ1n) is 6.73. The minimum Gasteiger partial charge on any atom is -0.348 e. The fraction of sp³-hybridized carbons (Fsp3) is 0.643. The van der Waals surface area contributed by atoms with Crippen LogP contribution in [0, 0.1) is 11.8 Å². The van der Waals surface area contributed by atoms with Crippen molar-refractivity contribution < 1.29 is 4.79 Å². The molecule has 98 valence electrons. The zero-order valence-electron chi connectivity index (χ0n) is 11.1. The average molecular weight is 247 g/mol. The topological polar surface area (TPSA) is 54.9 Å². The van der Waals surface area contributed by atoms with Crippen LogP contribution in [0.3, 0.4) is 0 Å². The number of hydrogen-bond acceptors (Lipinski definition) is 3. The van der Waals surface area contributed by atoms with Crippen LogP contribution in [0.1, 0.15) is 50.0 Å². The Balaban J connectivity index is 1.93. The van der Waals surface area contributed by atoms with Crippen molar-refractivity contribution in [3.63, 3.8) is 0 Å². The Bertz CT molecular complexity index is 387. The Morgan fingerprint density at radius 1 is 1.44 bits per heavy atom. The first-order chi connectivity index (χ1) is 8.66. The lowest BCUT2D eigenvalue weighted by Crippen LogP contribution is -2.41. The van der Waals surface area contributed by atoms with E-state index < -0.39 is 0 Å². The maximum absolute atomic E-state index is 12.0. The van der Waals surface area contributed by atoms with Crippen molar-refractivity contribution in [2.45, 2.75) is 45.6 Å². The maximum Gasteiger partial charge on any atom is 0.271 e. The number of amides is 1. The fourth-order valence-corrected chi connectivity index (χ4v) is 2.24. The summed E-state index contributed by atoms with van der Waals surface area (Å²) in [5.41, 5.74) is 0.400. The van der Waals surface area contributed by atoms with Gasteiger partial charge in [-0.15, -0.1) is 0 Å². The first kappa shape index (κ1) is 13.0. The molecule has 4 heteroatoms. The second-order valence-corrected chi connectivity index (χ2v) is 5.45. The summed E-state index contributed by atoms with van der Waals surface area (Å²) in [7, 11) is 0. The van der Waals surface area contributed by atoms with Gasteiger partial charge < -0.3 is 5.32 Å². The van der Waals surface area contributed by atoms with E-state index in [-0.39, 0.29) is 11.9 Å². The van der Waals surface area contributed by atoms with Crippen molar-refractivity contribution >= 4 is 5.91 Å². The molecule has 18 heavy (non-hydrogen) atoms. The number of nitrogens with one attached hydrogen (secondary N) is 1. The van der Waals surface area contributed by atoms with Crippen molar-refractivity contribution in [3.8, 4) is 0 Å². The van der Waals surface area contributed by atoms with Gasteiger partial charge in [-0.3, -0.25) is 9.78 Å². The van der Waals surface area contributed by atoms with Crippen LogP contribution in [0.2, 0.25) is 0 Å². The molecule has 2 rings (SSSR count). The quantitative estimate of drug-likeness (QED) is 0.869. The van der Waals surface area contributed by atoms with Crippen LogP contribution in [-0.2, 0) is 0 Å². The van der Waals surface area contributed by atoms with Gasteiger partial charge in [-0.05, 0) is 18.3 Å². The standard InChI is InChI=1S/C14H21N3O/c1-10(2)12(8-11-4-3-5-11)17-14(18)13-9-15-6-7-16-13/h6-7,9-12H,3-5,8H2,1-2H3,(H,17,18). The number of aromatic nitrogens is 2. The minimum absolute atomic E-state index is 0.110. The summed E-state index contributed by atoms with van der Waals surface area (Å²) in [6.07, 6.45) is 9.68. The number of rotatable bonds is 5. The summed E-state index contributed by atoms with van der Waals surface area (Å²) in [6, 6.07) is 0.241. The average Bonchev–Trinajstić information content (AvgIpc) is 2.32. The molecule has 4 nitrogen and oxygen atoms in total. The molecule has 1 aliphatic carbocycles. The lowest BCUT2D eigenvalue weighted by molar-refractivity contribution is 0.0904. The Morgan fingerprint density at radius 3 is 2.72 bits per heavy atom. The number of nitrogens with zero attached hydrogens (tertiary/aromatic N) is 2. The van der Waals surface area contributed by atoms with Crippen LogP contribution in [0.5, 0.6) is 0 Å². The third kappa shape index (κ3) is 3.28. The molecule has 1 heterocycles. The van der Waals surface area contributed by atoms with E-state index in [9.17, 15) is 4.79 Å². The van der Waals surface area contributed by atoms with Gasteiger partial charge in [-0.1, -0.05) is 33.1 Å². The third-order valence-corrected chi connectivity index (χ3v) is 3.73. The molecule has 0 saturated heterocycles. The van der Waals surface area contributed by atoms with Crippen molar-refractivity contribution in [1.29, 1.82) is 0 Å². The summed E-state index contributed by atoms with van der Waals surface area (Å²) >= 11 is 0. The number of hydrogen-bond donors (Lipinski definition) is 1. The van der Waals surface area contributed by atoms with Gasteiger partial charge in [0.2, 0.25) is 0 Å². The largest absolute Gasteiger partial charge is 0.348 e. The summed E-state index contributed by atoms with van der Waals surface area (Å²) in [6.45, 7) is 4.31. The SMILES string of the molecule is CC(C)C(CC1CCC1)NC(=O)c1cnccn1. The molecule has 1 unspecified atom stereocenters. The molecule has 0 bridgehead atoms. The highest BCUT2D eigenvalue weighted by molar-refractivity contribution is 5.92. The van der Waals surface area contributed by atoms with Crippen LogP contribution in [0.4, 0.5) is 0 Å². The monoisotopic (exact) mass is 247 g/mol. The predicted octanol–water partition coefficient (Wildman–Crippen LogP) is 2.42. The highest BCUT2D eigenvalue weighted by Gasteiger charge is 2.25. The van der Waals surface area contributed by atoms with Gasteiger partial charge in [0.05, 0.1) is 6.20 Å². The van der Waals surface area contributed by atoms with Gasteiger partial charge in [0, 0.05) is 18.4 Å². The maximum atomic E-state index is 12.0. The molecule has 0 radical (unpaired) electrons. The molecular weight excluding hydrogens is 226 g/mol. The van der Waals surface area contributed by atoms with Crippen LogP contribution in [0.25, 0.3) is 0 Å². The van der Waals surface area contributed by atoms with Crippen LogP contribution < -0.4 is 5.32 Å². The molecular formula is C14H21N3O. The Kier molecular flexibility index (Phi) is 4.28. The van der Waals surface area contributed by atoms with E-state index in [1.54, 1.807) is 12.4 Å². The highest BCUT2D eigenvalue weighted by Crippen LogP contribution is 2.31. The number of carbonyl (C=O) groups is 1. The molecule has 0 aliphatic heterocycles. The molecule has 0 spiro atoms. The molecule has 1 atom stereocenters. The van der Waals surface area contributed by atoms with Gasteiger partial charge in [0.25, 0.3) is 5.91 Å². The molecule has 1 saturated carbocycles. The van der Waals surface area contributed by atoms with Crippen LogP contribution in [-0.4, -0.2) is 21.9 Å². The summed E-state index contributed by atoms with van der Waals surface area (Å²) < 4.78 is 0. The molecule has 1 N–H and O–H groups in total. The zero-order chi connectivity index (χ0) is 13.0. The van der Waals surface area contributed by atoms with E-state index in [4.69, 9.17) is 0 Å². The van der Waals surface area contributed by atoms with Crippen LogP contribution >= 0.6 is 0 Å². The lowest BCUT2D eigenvalue weighted by Gasteiger charge is -2.32. The second-order valence-electron chi connectivity index (χ2n) is 5.45. The van der Waals surface area contributed by atoms with Crippen molar-refractivity contribution in [1.82, 2.24) is 15.3 Å². The lowest BCUT2D eigenvalue weighted by atomic mass is 9.79. The third-order valence-electron chi connectivity index (χ3n) is 3.73. The van der Waals surface area contributed by atoms with Gasteiger partial charge >= 0.3 is 0 Å². The predicted molar refractivity (Wildman–Crippen MR) is 70.1 cm³/mol. The molecule has 1 aromatic rings. The van der Waals surface area contributed by atoms with E-state index >= 15 is 0 Å². The van der Waals surface area contributed by atoms with Crippen molar-refractivity contribution in [2.24, 2.45) is 11.8 Å². The van der Waals surface area contributed by atoms with E-state index in [0.717, 1.165) is 12.3 Å². The van der Waals surface area contributed by atoms with E-state index in [1.807, 2.05) is 0 Å². The first-order valence-corrected chi connectivity index (χ1v) is 6.73. The Hall–Kier alpha value is -1.45. The van der Waals surface area contributed by atoms with Gasteiger partial charge in [0.1, 0.15) is 5.69 Å². The molecule has 1 amide bonds. The normalized spacial score (nSPS) is 17.3. The van der Waals surface area contributed by atoms with Crippen molar-refractivity contribution in [3.05, 3.63) is 24.3 Å². The Labute approximate surface area is 108 Å². The van der Waals surface area contributed by atoms with Gasteiger partial charge in [0.15, 0.2) is 0 Å². The molecule has 0 aromatic carbocycles. The van der Waals surface area contributed by atoms with E-state index in [2.05, 4.69) is 29.1 Å². The van der Waals surface area contributed by atoms with Gasteiger partial charge in [-0.25, -0.2) is 4.98 Å². The second kappa shape index (κ2) is 5.94. The summed E-state index contributed by atoms with van der Waals surface area (Å²) in [4.78, 5) is 20.0. The molecule has 1 fully saturated rings. The van der Waals surface area contributed by atoms with E-state index in [0.29, 0.717) is 11.6 Å². The molecule has 1 aromatic heterocycles. The minimum atomic E-state index is -0.110. The summed E-state index contributed by atoms with van der Waals surface area (Å²) in [5, 5.41) is 3.09. The zero-order valence-corrected chi connectivity index (χ0v) is 11.1.